The van der Waals surface area contributed by atoms with E-state index in [1.807, 2.05) is 36.5 Å². The second kappa shape index (κ2) is 7.24. The quantitative estimate of drug-likeness (QED) is 0.640. The minimum absolute atomic E-state index is 0.292. The van der Waals surface area contributed by atoms with Crippen LogP contribution in [-0.2, 0) is 9.53 Å². The molecule has 1 aliphatic rings. The van der Waals surface area contributed by atoms with Crippen LogP contribution in [0.15, 0.2) is 42.7 Å². The zero-order chi connectivity index (χ0) is 18.8. The Kier molecular flexibility index (Phi) is 4.64. The number of hydroxylamine groups is 2. The van der Waals surface area contributed by atoms with Crippen LogP contribution in [0.2, 0.25) is 0 Å². The van der Waals surface area contributed by atoms with Crippen LogP contribution >= 0.6 is 0 Å². The summed E-state index contributed by atoms with van der Waals surface area (Å²) in [6, 6.07) is 8.82. The molecule has 0 bridgehead atoms. The Morgan fingerprint density at radius 2 is 2.15 bits per heavy atom. The molecule has 0 amide bonds. The lowest BCUT2D eigenvalue weighted by Crippen LogP contribution is -2.39. The fourth-order valence-corrected chi connectivity index (χ4v) is 3.23. The molecule has 0 N–H and O–H groups in total. The first-order chi connectivity index (χ1) is 13.2. The third-order valence-corrected chi connectivity index (χ3v) is 4.60. The number of nitrogens with zero attached hydrogens (tertiary/aromatic N) is 4. The molecule has 0 spiro atoms. The highest BCUT2D eigenvalue weighted by atomic mass is 16.7. The number of rotatable bonds is 5. The van der Waals surface area contributed by atoms with Crippen molar-refractivity contribution in [3.63, 3.8) is 0 Å². The number of carbonyl (C=O) groups excluding carboxylic acids is 1. The summed E-state index contributed by atoms with van der Waals surface area (Å²) in [5.41, 5.74) is 0.714. The number of aromatic nitrogens is 3. The zero-order valence-electron chi connectivity index (χ0n) is 15.2. The van der Waals surface area contributed by atoms with Gasteiger partial charge in [-0.3, -0.25) is 4.79 Å². The lowest BCUT2D eigenvalue weighted by molar-refractivity contribution is -0.158. The van der Waals surface area contributed by atoms with Crippen molar-refractivity contribution < 1.29 is 19.1 Å². The van der Waals surface area contributed by atoms with Crippen molar-refractivity contribution in [3.8, 4) is 17.3 Å². The Hall–Kier alpha value is -3.13. The van der Waals surface area contributed by atoms with E-state index in [4.69, 9.17) is 14.3 Å². The van der Waals surface area contributed by atoms with E-state index in [2.05, 4.69) is 10.1 Å². The van der Waals surface area contributed by atoms with E-state index in [0.717, 1.165) is 11.8 Å². The first-order valence-corrected chi connectivity index (χ1v) is 8.71. The average Bonchev–Trinajstić information content (AvgIpc) is 3.39. The first kappa shape index (κ1) is 17.3. The van der Waals surface area contributed by atoms with Crippen LogP contribution in [0.3, 0.4) is 0 Å². The molecule has 8 heteroatoms. The largest absolute Gasteiger partial charge is 0.497 e. The van der Waals surface area contributed by atoms with E-state index >= 15 is 0 Å². The molecule has 4 rings (SSSR count). The number of ether oxygens (including phenoxy) is 2. The summed E-state index contributed by atoms with van der Waals surface area (Å²) in [6.07, 6.45) is 5.06. The minimum Gasteiger partial charge on any atom is -0.497 e. The summed E-state index contributed by atoms with van der Waals surface area (Å²) in [5.74, 6) is 1.63. The SMILES string of the molecule is COC(=O)[C@@H]1CCCN1Oc1cc(-n2cccn2)nc2cc(OC)ccc12. The Morgan fingerprint density at radius 1 is 1.26 bits per heavy atom. The summed E-state index contributed by atoms with van der Waals surface area (Å²) in [6.45, 7) is 0.650. The van der Waals surface area contributed by atoms with Crippen LogP contribution in [-0.4, -0.2) is 52.6 Å². The first-order valence-electron chi connectivity index (χ1n) is 8.71. The van der Waals surface area contributed by atoms with Crippen molar-refractivity contribution in [2.24, 2.45) is 0 Å². The Balaban J connectivity index is 1.77. The molecule has 1 fully saturated rings. The second-order valence-electron chi connectivity index (χ2n) is 6.23. The fraction of sp³-hybridized carbons (Fsp3) is 0.316. The van der Waals surface area contributed by atoms with Gasteiger partial charge in [0.05, 0.1) is 19.7 Å². The van der Waals surface area contributed by atoms with Gasteiger partial charge in [0.15, 0.2) is 11.6 Å². The fourth-order valence-electron chi connectivity index (χ4n) is 3.23. The molecule has 2 aromatic heterocycles. The topological polar surface area (TPSA) is 78.7 Å². The number of benzene rings is 1. The van der Waals surface area contributed by atoms with Gasteiger partial charge in [-0.1, -0.05) is 0 Å². The van der Waals surface area contributed by atoms with Gasteiger partial charge in [-0.15, -0.1) is 5.06 Å². The van der Waals surface area contributed by atoms with Crippen LogP contribution < -0.4 is 9.57 Å². The molecule has 3 heterocycles. The van der Waals surface area contributed by atoms with Gasteiger partial charge in [-0.25, -0.2) is 9.67 Å². The van der Waals surface area contributed by atoms with Crippen molar-refractivity contribution in [1.29, 1.82) is 0 Å². The van der Waals surface area contributed by atoms with Crippen LogP contribution in [0, 0.1) is 0 Å². The molecular weight excluding hydrogens is 348 g/mol. The molecule has 1 atom stereocenters. The van der Waals surface area contributed by atoms with Gasteiger partial charge in [0.25, 0.3) is 0 Å². The van der Waals surface area contributed by atoms with E-state index in [1.54, 1.807) is 23.1 Å². The van der Waals surface area contributed by atoms with Gasteiger partial charge in [0, 0.05) is 36.5 Å². The van der Waals surface area contributed by atoms with Crippen LogP contribution in [0.5, 0.6) is 11.5 Å². The van der Waals surface area contributed by atoms with E-state index in [9.17, 15) is 4.79 Å². The molecule has 1 aliphatic heterocycles. The number of hydrogen-bond acceptors (Lipinski definition) is 7. The molecule has 0 saturated carbocycles. The summed E-state index contributed by atoms with van der Waals surface area (Å²) in [4.78, 5) is 22.8. The number of pyridine rings is 1. The highest BCUT2D eigenvalue weighted by Gasteiger charge is 2.34. The molecule has 8 nitrogen and oxygen atoms in total. The van der Waals surface area contributed by atoms with Gasteiger partial charge in [-0.05, 0) is 31.0 Å². The molecule has 0 aliphatic carbocycles. The molecule has 0 unspecified atom stereocenters. The second-order valence-corrected chi connectivity index (χ2v) is 6.23. The van der Waals surface area contributed by atoms with Crippen molar-refractivity contribution in [3.05, 3.63) is 42.7 Å². The normalized spacial score (nSPS) is 17.2. The van der Waals surface area contributed by atoms with E-state index in [1.165, 1.54) is 7.11 Å². The molecule has 140 valence electrons. The van der Waals surface area contributed by atoms with Crippen LogP contribution in [0.4, 0.5) is 0 Å². The number of fused-ring (bicyclic) bond motifs is 1. The monoisotopic (exact) mass is 368 g/mol. The predicted octanol–water partition coefficient (Wildman–Crippen LogP) is 2.36. The third kappa shape index (κ3) is 3.31. The molecular formula is C19H20N4O4. The smallest absolute Gasteiger partial charge is 0.326 e. The van der Waals surface area contributed by atoms with Crippen LogP contribution in [0.1, 0.15) is 12.8 Å². The molecule has 3 aromatic rings. The van der Waals surface area contributed by atoms with Gasteiger partial charge in [0.1, 0.15) is 11.8 Å². The summed E-state index contributed by atoms with van der Waals surface area (Å²) >= 11 is 0. The maximum absolute atomic E-state index is 12.0. The van der Waals surface area contributed by atoms with Crippen molar-refractivity contribution in [2.75, 3.05) is 20.8 Å². The van der Waals surface area contributed by atoms with Crippen molar-refractivity contribution in [2.45, 2.75) is 18.9 Å². The van der Waals surface area contributed by atoms with E-state index in [0.29, 0.717) is 35.8 Å². The third-order valence-electron chi connectivity index (χ3n) is 4.60. The van der Waals surface area contributed by atoms with Crippen molar-refractivity contribution >= 4 is 16.9 Å². The van der Waals surface area contributed by atoms with Gasteiger partial charge < -0.3 is 14.3 Å². The molecule has 0 radical (unpaired) electrons. The Morgan fingerprint density at radius 3 is 2.89 bits per heavy atom. The highest BCUT2D eigenvalue weighted by molar-refractivity contribution is 5.87. The highest BCUT2D eigenvalue weighted by Crippen LogP contribution is 2.32. The van der Waals surface area contributed by atoms with Gasteiger partial charge in [0.2, 0.25) is 0 Å². The predicted molar refractivity (Wildman–Crippen MR) is 97.8 cm³/mol. The molecule has 1 saturated heterocycles. The maximum atomic E-state index is 12.0. The van der Waals surface area contributed by atoms with E-state index in [-0.39, 0.29) is 5.97 Å². The minimum atomic E-state index is -0.412. The molecule has 1 aromatic carbocycles. The lowest BCUT2D eigenvalue weighted by atomic mass is 10.2. The zero-order valence-corrected chi connectivity index (χ0v) is 15.2. The number of methoxy groups -OCH3 is 2. The lowest BCUT2D eigenvalue weighted by Gasteiger charge is -2.23. The Bertz CT molecular complexity index is 958. The Labute approximate surface area is 156 Å². The standard InChI is InChI=1S/C19H20N4O4/c1-25-13-6-7-14-15(11-13)21-18(22-9-4-8-20-22)12-17(14)27-23-10-3-5-16(23)19(24)26-2/h4,6-9,11-12,16H,3,5,10H2,1-2H3/t16-/m0/s1. The van der Waals surface area contributed by atoms with E-state index < -0.39 is 6.04 Å². The van der Waals surface area contributed by atoms with Crippen molar-refractivity contribution in [1.82, 2.24) is 19.8 Å². The molecule has 27 heavy (non-hydrogen) atoms. The van der Waals surface area contributed by atoms with Gasteiger partial charge >= 0.3 is 5.97 Å². The average molecular weight is 368 g/mol. The summed E-state index contributed by atoms with van der Waals surface area (Å²) in [7, 11) is 3.00. The number of esters is 1. The van der Waals surface area contributed by atoms with Gasteiger partial charge in [-0.2, -0.15) is 5.10 Å². The maximum Gasteiger partial charge on any atom is 0.326 e. The summed E-state index contributed by atoms with van der Waals surface area (Å²) in [5, 5.41) is 6.74. The summed E-state index contributed by atoms with van der Waals surface area (Å²) < 4.78 is 11.9. The number of hydrogen-bond donors (Lipinski definition) is 0. The van der Waals surface area contributed by atoms with Crippen LogP contribution in [0.25, 0.3) is 16.7 Å². The number of carbonyl (C=O) groups is 1.